The lowest BCUT2D eigenvalue weighted by Crippen LogP contribution is -2.08. The van der Waals surface area contributed by atoms with Gasteiger partial charge >= 0.3 is 0 Å². The van der Waals surface area contributed by atoms with Crippen LogP contribution in [-0.2, 0) is 11.3 Å². The molecule has 2 rings (SSSR count). The molecule has 0 amide bonds. The van der Waals surface area contributed by atoms with Crippen molar-refractivity contribution in [2.45, 2.75) is 25.9 Å². The Balaban J connectivity index is 2.47. The molecule has 0 fully saturated rings. The number of hydrogen-bond donors (Lipinski definition) is 1. The summed E-state index contributed by atoms with van der Waals surface area (Å²) in [5.41, 5.74) is -0.175. The summed E-state index contributed by atoms with van der Waals surface area (Å²) in [5, 5.41) is 17.7. The van der Waals surface area contributed by atoms with Crippen LogP contribution in [0.25, 0.3) is 0 Å². The van der Waals surface area contributed by atoms with Crippen LogP contribution in [0.4, 0.5) is 13.2 Å². The molecule has 3 nitrogen and oxygen atoms in total. The summed E-state index contributed by atoms with van der Waals surface area (Å²) in [4.78, 5) is 4.23. The van der Waals surface area contributed by atoms with Crippen LogP contribution in [0.5, 0.6) is 0 Å². The summed E-state index contributed by atoms with van der Waals surface area (Å²) in [6, 6.07) is 7.41. The van der Waals surface area contributed by atoms with Gasteiger partial charge in [-0.3, -0.25) is 5.26 Å². The number of nitrogens with zero attached hydrogens (tertiary/aromatic N) is 1. The highest BCUT2D eigenvalue weighted by Crippen LogP contribution is 2.30. The van der Waals surface area contributed by atoms with Gasteiger partial charge in [-0.25, -0.2) is 18.1 Å². The summed E-state index contributed by atoms with van der Waals surface area (Å²) in [6.45, 7) is 1.95. The van der Waals surface area contributed by atoms with Crippen LogP contribution >= 0.6 is 0 Å². The van der Waals surface area contributed by atoms with Crippen molar-refractivity contribution in [3.05, 3.63) is 70.0 Å². The SMILES string of the molecule is CCCc1ccc(C(OO)c2cc(F)c(C#N)c(F)c2)c(F)c1. The molecule has 0 aliphatic carbocycles. The van der Waals surface area contributed by atoms with Crippen LogP contribution in [0, 0.1) is 28.8 Å². The summed E-state index contributed by atoms with van der Waals surface area (Å²) in [5.74, 6) is -2.86. The molecule has 23 heavy (non-hydrogen) atoms. The second kappa shape index (κ2) is 7.27. The molecule has 0 aromatic heterocycles. The van der Waals surface area contributed by atoms with Gasteiger partial charge in [0.05, 0.1) is 0 Å². The second-order valence-electron chi connectivity index (χ2n) is 5.06. The number of hydrogen-bond acceptors (Lipinski definition) is 3. The van der Waals surface area contributed by atoms with Crippen molar-refractivity contribution in [2.24, 2.45) is 0 Å². The fourth-order valence-corrected chi connectivity index (χ4v) is 2.38. The average molecular weight is 321 g/mol. The molecular weight excluding hydrogens is 307 g/mol. The largest absolute Gasteiger partial charge is 0.251 e. The molecular formula is C17H14F3NO2. The summed E-state index contributed by atoms with van der Waals surface area (Å²) < 4.78 is 41.6. The zero-order valence-electron chi connectivity index (χ0n) is 12.3. The van der Waals surface area contributed by atoms with E-state index in [4.69, 9.17) is 10.5 Å². The molecule has 0 aliphatic heterocycles. The average Bonchev–Trinajstić information content (AvgIpc) is 2.50. The van der Waals surface area contributed by atoms with Crippen molar-refractivity contribution in [2.75, 3.05) is 0 Å². The molecule has 1 unspecified atom stereocenters. The minimum atomic E-state index is -1.40. The van der Waals surface area contributed by atoms with Crippen LogP contribution in [0.1, 0.15) is 41.7 Å². The Morgan fingerprint density at radius 1 is 1.13 bits per heavy atom. The van der Waals surface area contributed by atoms with Gasteiger partial charge in [0.15, 0.2) is 0 Å². The normalized spacial score (nSPS) is 12.0. The Labute approximate surface area is 131 Å². The predicted molar refractivity (Wildman–Crippen MR) is 77.0 cm³/mol. The van der Waals surface area contributed by atoms with Gasteiger partial charge in [-0.05, 0) is 35.7 Å². The van der Waals surface area contributed by atoms with Gasteiger partial charge in [0, 0.05) is 5.56 Å². The van der Waals surface area contributed by atoms with Gasteiger partial charge in [0.2, 0.25) is 0 Å². The fraction of sp³-hybridized carbons (Fsp3) is 0.235. The number of benzene rings is 2. The van der Waals surface area contributed by atoms with E-state index in [0.29, 0.717) is 6.42 Å². The van der Waals surface area contributed by atoms with E-state index in [0.717, 1.165) is 24.1 Å². The smallest absolute Gasteiger partial charge is 0.146 e. The Morgan fingerprint density at radius 2 is 1.78 bits per heavy atom. The maximum Gasteiger partial charge on any atom is 0.146 e. The molecule has 120 valence electrons. The number of rotatable bonds is 5. The molecule has 6 heteroatoms. The van der Waals surface area contributed by atoms with E-state index >= 15 is 0 Å². The van der Waals surface area contributed by atoms with Crippen LogP contribution < -0.4 is 0 Å². The topological polar surface area (TPSA) is 53.2 Å². The molecule has 0 heterocycles. The van der Waals surface area contributed by atoms with Crippen molar-refractivity contribution >= 4 is 0 Å². The van der Waals surface area contributed by atoms with Gasteiger partial charge in [-0.2, -0.15) is 5.26 Å². The lowest BCUT2D eigenvalue weighted by atomic mass is 9.97. The number of aryl methyl sites for hydroxylation is 1. The van der Waals surface area contributed by atoms with E-state index in [1.807, 2.05) is 6.92 Å². The monoisotopic (exact) mass is 321 g/mol. The first-order valence-corrected chi connectivity index (χ1v) is 6.99. The van der Waals surface area contributed by atoms with Crippen LogP contribution in [-0.4, -0.2) is 5.26 Å². The summed E-state index contributed by atoms with van der Waals surface area (Å²) in [7, 11) is 0. The Morgan fingerprint density at radius 3 is 2.26 bits per heavy atom. The van der Waals surface area contributed by atoms with Gasteiger partial charge in [0.1, 0.15) is 35.2 Å². The molecule has 0 aliphatic rings. The second-order valence-corrected chi connectivity index (χ2v) is 5.06. The quantitative estimate of drug-likeness (QED) is 0.651. The molecule has 0 radical (unpaired) electrons. The minimum Gasteiger partial charge on any atom is -0.251 e. The van der Waals surface area contributed by atoms with Crippen molar-refractivity contribution in [1.82, 2.24) is 0 Å². The molecule has 0 bridgehead atoms. The molecule has 1 atom stereocenters. The molecule has 0 saturated heterocycles. The maximum absolute atomic E-state index is 14.2. The first kappa shape index (κ1) is 17.0. The number of halogens is 3. The zero-order chi connectivity index (χ0) is 17.0. The Kier molecular flexibility index (Phi) is 5.37. The molecule has 0 saturated carbocycles. The van der Waals surface area contributed by atoms with Gasteiger partial charge in [0.25, 0.3) is 0 Å². The third-order valence-electron chi connectivity index (χ3n) is 3.47. The molecule has 2 aromatic rings. The molecule has 0 spiro atoms. The lowest BCUT2D eigenvalue weighted by molar-refractivity contribution is -0.271. The van der Waals surface area contributed by atoms with E-state index in [1.165, 1.54) is 18.2 Å². The highest BCUT2D eigenvalue weighted by atomic mass is 19.1. The van der Waals surface area contributed by atoms with Gasteiger partial charge < -0.3 is 0 Å². The summed E-state index contributed by atoms with van der Waals surface area (Å²) in [6.07, 6.45) is 0.120. The molecule has 2 aromatic carbocycles. The van der Waals surface area contributed by atoms with Crippen LogP contribution in [0.2, 0.25) is 0 Å². The van der Waals surface area contributed by atoms with E-state index in [1.54, 1.807) is 6.07 Å². The Bertz CT molecular complexity index is 733. The van der Waals surface area contributed by atoms with E-state index in [-0.39, 0.29) is 11.1 Å². The van der Waals surface area contributed by atoms with Crippen molar-refractivity contribution in [3.8, 4) is 6.07 Å². The highest BCUT2D eigenvalue weighted by Gasteiger charge is 2.22. The van der Waals surface area contributed by atoms with Crippen molar-refractivity contribution < 1.29 is 23.3 Å². The Hall–Kier alpha value is -2.36. The van der Waals surface area contributed by atoms with E-state index in [2.05, 4.69) is 4.89 Å². The maximum atomic E-state index is 14.2. The van der Waals surface area contributed by atoms with Crippen molar-refractivity contribution in [3.63, 3.8) is 0 Å². The third kappa shape index (κ3) is 3.52. The van der Waals surface area contributed by atoms with Crippen LogP contribution in [0.3, 0.4) is 0 Å². The zero-order valence-corrected chi connectivity index (χ0v) is 12.3. The highest BCUT2D eigenvalue weighted by molar-refractivity contribution is 5.39. The van der Waals surface area contributed by atoms with E-state index < -0.39 is 29.1 Å². The summed E-state index contributed by atoms with van der Waals surface area (Å²) >= 11 is 0. The van der Waals surface area contributed by atoms with Crippen molar-refractivity contribution in [1.29, 1.82) is 5.26 Å². The number of nitriles is 1. The first-order chi connectivity index (χ1) is 11.0. The van der Waals surface area contributed by atoms with Gasteiger partial charge in [-0.1, -0.05) is 25.5 Å². The molecule has 1 N–H and O–H groups in total. The third-order valence-corrected chi connectivity index (χ3v) is 3.47. The fourth-order valence-electron chi connectivity index (χ4n) is 2.38. The lowest BCUT2D eigenvalue weighted by Gasteiger charge is -2.16. The minimum absolute atomic E-state index is 0.0594. The standard InChI is InChI=1S/C17H14F3NO2/c1-2-3-10-4-5-12(14(18)6-10)17(23-22)11-7-15(19)13(9-21)16(20)8-11/h4-8,17,22H,2-3H2,1H3. The van der Waals surface area contributed by atoms with Crippen LogP contribution in [0.15, 0.2) is 30.3 Å². The van der Waals surface area contributed by atoms with Gasteiger partial charge in [-0.15, -0.1) is 0 Å². The van der Waals surface area contributed by atoms with E-state index in [9.17, 15) is 13.2 Å². The predicted octanol–water partition coefficient (Wildman–Crippen LogP) is 4.51. The first-order valence-electron chi connectivity index (χ1n) is 6.99.